The Kier molecular flexibility index (Phi) is 5.39. The fraction of sp³-hybridized carbons (Fsp3) is 0.263. The van der Waals surface area contributed by atoms with Gasteiger partial charge in [0.25, 0.3) is 5.56 Å². The molecule has 1 saturated heterocycles. The van der Waals surface area contributed by atoms with Crippen LogP contribution in [0.3, 0.4) is 0 Å². The normalized spacial score (nSPS) is 16.3. The number of sulfonamides is 1. The molecule has 29 heavy (non-hydrogen) atoms. The molecule has 1 aliphatic heterocycles. The summed E-state index contributed by atoms with van der Waals surface area (Å²) in [6, 6.07) is 9.77. The molecule has 0 radical (unpaired) electrons. The van der Waals surface area contributed by atoms with Crippen LogP contribution in [0.15, 0.2) is 52.2 Å². The lowest BCUT2D eigenvalue weighted by atomic mass is 10.2. The summed E-state index contributed by atoms with van der Waals surface area (Å²) in [7, 11) is -3.66. The van der Waals surface area contributed by atoms with Gasteiger partial charge in [0.1, 0.15) is 11.6 Å². The van der Waals surface area contributed by atoms with Gasteiger partial charge >= 0.3 is 0 Å². The maximum absolute atomic E-state index is 13.1. The minimum atomic E-state index is -3.66. The summed E-state index contributed by atoms with van der Waals surface area (Å²) in [6.07, 6.45) is 0. The Hall–Kier alpha value is -2.33. The molecule has 1 aliphatic rings. The Morgan fingerprint density at radius 3 is 2.45 bits per heavy atom. The summed E-state index contributed by atoms with van der Waals surface area (Å²) in [5, 5.41) is 0.896. The number of aromatic amines is 1. The first kappa shape index (κ1) is 20.0. The molecule has 2 heterocycles. The van der Waals surface area contributed by atoms with E-state index in [1.807, 2.05) is 4.90 Å². The van der Waals surface area contributed by atoms with Crippen molar-refractivity contribution in [1.29, 1.82) is 0 Å². The van der Waals surface area contributed by atoms with Gasteiger partial charge in [-0.25, -0.2) is 17.8 Å². The monoisotopic (exact) mass is 436 g/mol. The fourth-order valence-electron chi connectivity index (χ4n) is 3.33. The van der Waals surface area contributed by atoms with E-state index in [0.29, 0.717) is 54.5 Å². The standard InChI is InChI=1S/C19H18ClFN4O3S/c20-13-1-6-17-16(11-13)19(26)23-18(22-17)12-24-7-9-25(10-8-24)29(27,28)15-4-2-14(21)3-5-15/h1-6,11H,7-10,12H2,(H,22,23,26). The van der Waals surface area contributed by atoms with Crippen LogP contribution in [0.4, 0.5) is 4.39 Å². The van der Waals surface area contributed by atoms with Crippen LogP contribution in [0.1, 0.15) is 5.82 Å². The van der Waals surface area contributed by atoms with Gasteiger partial charge in [0, 0.05) is 31.2 Å². The fourth-order valence-corrected chi connectivity index (χ4v) is 4.92. The van der Waals surface area contributed by atoms with E-state index in [4.69, 9.17) is 11.6 Å². The van der Waals surface area contributed by atoms with Gasteiger partial charge in [-0.15, -0.1) is 0 Å². The average molecular weight is 437 g/mol. The van der Waals surface area contributed by atoms with Crippen LogP contribution in [0.5, 0.6) is 0 Å². The molecule has 0 aliphatic carbocycles. The molecule has 1 aromatic heterocycles. The minimum Gasteiger partial charge on any atom is -0.309 e. The van der Waals surface area contributed by atoms with E-state index in [1.54, 1.807) is 18.2 Å². The van der Waals surface area contributed by atoms with E-state index in [2.05, 4.69) is 9.97 Å². The van der Waals surface area contributed by atoms with Gasteiger partial charge in [-0.3, -0.25) is 9.69 Å². The van der Waals surface area contributed by atoms with Crippen LogP contribution in [-0.2, 0) is 16.6 Å². The second-order valence-electron chi connectivity index (χ2n) is 6.81. The number of hydrogen-bond acceptors (Lipinski definition) is 5. The maximum atomic E-state index is 13.1. The number of nitrogens with zero attached hydrogens (tertiary/aromatic N) is 3. The van der Waals surface area contributed by atoms with Crippen LogP contribution >= 0.6 is 11.6 Å². The van der Waals surface area contributed by atoms with E-state index in [-0.39, 0.29) is 10.5 Å². The molecule has 1 N–H and O–H groups in total. The first-order chi connectivity index (χ1) is 13.8. The smallest absolute Gasteiger partial charge is 0.258 e. The molecule has 0 amide bonds. The summed E-state index contributed by atoms with van der Waals surface area (Å²) in [4.78, 5) is 21.6. The highest BCUT2D eigenvalue weighted by atomic mass is 35.5. The number of rotatable bonds is 4. The van der Waals surface area contributed by atoms with Gasteiger partial charge in [-0.05, 0) is 42.5 Å². The third kappa shape index (κ3) is 4.18. The lowest BCUT2D eigenvalue weighted by Crippen LogP contribution is -2.48. The lowest BCUT2D eigenvalue weighted by Gasteiger charge is -2.33. The van der Waals surface area contributed by atoms with Crippen molar-refractivity contribution in [2.75, 3.05) is 26.2 Å². The molecule has 0 spiro atoms. The Morgan fingerprint density at radius 2 is 1.76 bits per heavy atom. The maximum Gasteiger partial charge on any atom is 0.258 e. The predicted octanol–water partition coefficient (Wildman–Crippen LogP) is 2.22. The zero-order chi connectivity index (χ0) is 20.6. The summed E-state index contributed by atoms with van der Waals surface area (Å²) in [6.45, 7) is 1.98. The van der Waals surface area contributed by atoms with Crippen LogP contribution < -0.4 is 5.56 Å². The van der Waals surface area contributed by atoms with Crippen molar-refractivity contribution in [3.63, 3.8) is 0 Å². The lowest BCUT2D eigenvalue weighted by molar-refractivity contribution is 0.178. The minimum absolute atomic E-state index is 0.0755. The zero-order valence-electron chi connectivity index (χ0n) is 15.3. The molecule has 4 rings (SSSR count). The number of halogens is 2. The quantitative estimate of drug-likeness (QED) is 0.677. The Balaban J connectivity index is 1.45. The summed E-state index contributed by atoms with van der Waals surface area (Å²) in [5.74, 6) is 0.0348. The third-order valence-electron chi connectivity index (χ3n) is 4.87. The van der Waals surface area contributed by atoms with Crippen LogP contribution in [0.2, 0.25) is 5.02 Å². The summed E-state index contributed by atoms with van der Waals surface area (Å²) in [5.41, 5.74) is 0.302. The summed E-state index contributed by atoms with van der Waals surface area (Å²) < 4.78 is 39.8. The van der Waals surface area contributed by atoms with Crippen molar-refractivity contribution in [3.8, 4) is 0 Å². The highest BCUT2D eigenvalue weighted by Crippen LogP contribution is 2.19. The van der Waals surface area contributed by atoms with Gasteiger partial charge in [-0.1, -0.05) is 11.6 Å². The van der Waals surface area contributed by atoms with Crippen LogP contribution in [-0.4, -0.2) is 53.8 Å². The number of nitrogens with one attached hydrogen (secondary N) is 1. The van der Waals surface area contributed by atoms with E-state index in [1.165, 1.54) is 16.4 Å². The van der Waals surface area contributed by atoms with E-state index >= 15 is 0 Å². The van der Waals surface area contributed by atoms with Crippen molar-refractivity contribution >= 4 is 32.5 Å². The Morgan fingerprint density at radius 1 is 1.07 bits per heavy atom. The topological polar surface area (TPSA) is 86.4 Å². The third-order valence-corrected chi connectivity index (χ3v) is 7.02. The SMILES string of the molecule is O=c1[nH]c(CN2CCN(S(=O)(=O)c3ccc(F)cc3)CC2)nc2ccc(Cl)cc12. The molecular weight excluding hydrogens is 419 g/mol. The molecule has 0 unspecified atom stereocenters. The van der Waals surface area contributed by atoms with Crippen molar-refractivity contribution in [2.24, 2.45) is 0 Å². The highest BCUT2D eigenvalue weighted by molar-refractivity contribution is 7.89. The molecule has 1 fully saturated rings. The zero-order valence-corrected chi connectivity index (χ0v) is 16.9. The van der Waals surface area contributed by atoms with Gasteiger partial charge < -0.3 is 4.98 Å². The Bertz CT molecular complexity index is 1210. The van der Waals surface area contributed by atoms with Gasteiger partial charge in [0.05, 0.1) is 22.3 Å². The molecule has 2 aromatic carbocycles. The number of benzene rings is 2. The first-order valence-electron chi connectivity index (χ1n) is 8.99. The number of aromatic nitrogens is 2. The van der Waals surface area contributed by atoms with Gasteiger partial charge in [0.15, 0.2) is 0 Å². The van der Waals surface area contributed by atoms with Crippen LogP contribution in [0.25, 0.3) is 10.9 Å². The summed E-state index contributed by atoms with van der Waals surface area (Å²) >= 11 is 5.93. The Labute approximate surface area is 171 Å². The van der Waals surface area contributed by atoms with E-state index in [0.717, 1.165) is 12.1 Å². The molecule has 7 nitrogen and oxygen atoms in total. The molecule has 10 heteroatoms. The van der Waals surface area contributed by atoms with Crippen molar-refractivity contribution in [3.05, 3.63) is 69.5 Å². The first-order valence-corrected chi connectivity index (χ1v) is 10.8. The molecule has 0 atom stereocenters. The van der Waals surface area contributed by atoms with Crippen molar-refractivity contribution in [2.45, 2.75) is 11.4 Å². The van der Waals surface area contributed by atoms with Crippen molar-refractivity contribution in [1.82, 2.24) is 19.2 Å². The van der Waals surface area contributed by atoms with Gasteiger partial charge in [-0.2, -0.15) is 4.31 Å². The number of fused-ring (bicyclic) bond motifs is 1. The van der Waals surface area contributed by atoms with Crippen LogP contribution in [0, 0.1) is 5.82 Å². The largest absolute Gasteiger partial charge is 0.309 e. The van der Waals surface area contributed by atoms with E-state index < -0.39 is 15.8 Å². The molecule has 0 saturated carbocycles. The molecular formula is C19H18ClFN4O3S. The second kappa shape index (κ2) is 7.83. The highest BCUT2D eigenvalue weighted by Gasteiger charge is 2.28. The average Bonchev–Trinajstić information content (AvgIpc) is 2.69. The molecule has 152 valence electrons. The second-order valence-corrected chi connectivity index (χ2v) is 9.18. The van der Waals surface area contributed by atoms with Gasteiger partial charge in [0.2, 0.25) is 10.0 Å². The van der Waals surface area contributed by atoms with Crippen molar-refractivity contribution < 1.29 is 12.8 Å². The van der Waals surface area contributed by atoms with E-state index in [9.17, 15) is 17.6 Å². The number of hydrogen-bond donors (Lipinski definition) is 1. The molecule has 3 aromatic rings. The predicted molar refractivity (Wildman–Crippen MR) is 108 cm³/mol. The molecule has 0 bridgehead atoms. The number of piperazine rings is 1. The number of H-pyrrole nitrogens is 1.